The molecule has 0 aliphatic rings. The van der Waals surface area contributed by atoms with E-state index >= 15 is 0 Å². The largest absolute Gasteiger partial charge is 0.392 e. The average Bonchev–Trinajstić information content (AvgIpc) is 2.27. The van der Waals surface area contributed by atoms with Gasteiger partial charge in [-0.3, -0.25) is 4.79 Å². The summed E-state index contributed by atoms with van der Waals surface area (Å²) in [6.07, 6.45) is -0.298. The Morgan fingerprint density at radius 2 is 2.06 bits per heavy atom. The first-order valence-electron chi connectivity index (χ1n) is 5.35. The van der Waals surface area contributed by atoms with Crippen LogP contribution >= 0.6 is 0 Å². The summed E-state index contributed by atoms with van der Waals surface area (Å²) in [5, 5.41) is 11.6. The molecule has 0 radical (unpaired) electrons. The van der Waals surface area contributed by atoms with Crippen molar-refractivity contribution >= 4 is 5.91 Å². The van der Waals surface area contributed by atoms with Crippen molar-refractivity contribution in [1.29, 1.82) is 0 Å². The number of hydrogen-bond acceptors (Lipinski definition) is 3. The van der Waals surface area contributed by atoms with Crippen molar-refractivity contribution in [2.24, 2.45) is 5.73 Å². The number of carbonyl (C=O) groups is 1. The average molecular weight is 222 g/mol. The van der Waals surface area contributed by atoms with Crippen molar-refractivity contribution in [2.75, 3.05) is 6.54 Å². The molecule has 0 saturated carbocycles. The summed E-state index contributed by atoms with van der Waals surface area (Å²) < 4.78 is 0. The smallest absolute Gasteiger partial charge is 0.221 e. The highest BCUT2D eigenvalue weighted by atomic mass is 16.3. The highest BCUT2D eigenvalue weighted by Crippen LogP contribution is 2.12. The molecule has 1 rings (SSSR count). The minimum absolute atomic E-state index is 0.141. The molecule has 0 aliphatic heterocycles. The topological polar surface area (TPSA) is 75.3 Å². The number of carbonyl (C=O) groups excluding carboxylic acids is 1. The zero-order valence-corrected chi connectivity index (χ0v) is 9.39. The Morgan fingerprint density at radius 3 is 2.62 bits per heavy atom. The monoisotopic (exact) mass is 222 g/mol. The molecule has 0 fully saturated rings. The number of nitrogens with two attached hydrogens (primary N) is 1. The highest BCUT2D eigenvalue weighted by molar-refractivity contribution is 5.76. The second-order valence-electron chi connectivity index (χ2n) is 3.87. The quantitative estimate of drug-likeness (QED) is 0.682. The molecule has 0 aliphatic carbocycles. The number of aliphatic hydroxyl groups excluding tert-OH is 1. The molecule has 2 atom stereocenters. The normalized spacial score (nSPS) is 14.2. The van der Waals surface area contributed by atoms with Gasteiger partial charge in [0.2, 0.25) is 5.91 Å². The van der Waals surface area contributed by atoms with Gasteiger partial charge in [0.05, 0.1) is 6.10 Å². The molecule has 0 aromatic heterocycles. The molecular weight excluding hydrogens is 204 g/mol. The van der Waals surface area contributed by atoms with E-state index in [9.17, 15) is 4.79 Å². The summed E-state index contributed by atoms with van der Waals surface area (Å²) in [6.45, 7) is 1.89. The van der Waals surface area contributed by atoms with Gasteiger partial charge in [0.15, 0.2) is 0 Å². The fraction of sp³-hybridized carbons (Fsp3) is 0.417. The summed E-state index contributed by atoms with van der Waals surface area (Å²) in [7, 11) is 0. The zero-order chi connectivity index (χ0) is 12.0. The lowest BCUT2D eigenvalue weighted by molar-refractivity contribution is -0.121. The molecule has 0 saturated heterocycles. The summed E-state index contributed by atoms with van der Waals surface area (Å²) in [4.78, 5) is 11.4. The summed E-state index contributed by atoms with van der Waals surface area (Å²) in [6, 6.07) is 9.18. The van der Waals surface area contributed by atoms with Crippen LogP contribution in [0.4, 0.5) is 0 Å². The molecular formula is C12H18N2O2. The molecule has 16 heavy (non-hydrogen) atoms. The van der Waals surface area contributed by atoms with E-state index in [1.54, 1.807) is 6.92 Å². The van der Waals surface area contributed by atoms with Crippen LogP contribution < -0.4 is 11.1 Å². The Balaban J connectivity index is 2.40. The van der Waals surface area contributed by atoms with Gasteiger partial charge in [-0.05, 0) is 12.5 Å². The van der Waals surface area contributed by atoms with Gasteiger partial charge in [0.25, 0.3) is 0 Å². The van der Waals surface area contributed by atoms with E-state index in [0.717, 1.165) is 5.56 Å². The minimum atomic E-state index is -0.531. The third kappa shape index (κ3) is 4.42. The van der Waals surface area contributed by atoms with Gasteiger partial charge < -0.3 is 16.2 Å². The Morgan fingerprint density at radius 1 is 1.44 bits per heavy atom. The second-order valence-corrected chi connectivity index (χ2v) is 3.87. The van der Waals surface area contributed by atoms with Gasteiger partial charge in [-0.2, -0.15) is 0 Å². The lowest BCUT2D eigenvalue weighted by Crippen LogP contribution is -2.32. The van der Waals surface area contributed by atoms with Gasteiger partial charge >= 0.3 is 0 Å². The Kier molecular flexibility index (Phi) is 4.95. The van der Waals surface area contributed by atoms with Crippen molar-refractivity contribution < 1.29 is 9.90 Å². The molecule has 4 heteroatoms. The number of hydrogen-bond donors (Lipinski definition) is 3. The van der Waals surface area contributed by atoms with Crippen molar-refractivity contribution in [3.8, 4) is 0 Å². The van der Waals surface area contributed by atoms with Gasteiger partial charge in [-0.25, -0.2) is 0 Å². The number of benzene rings is 1. The molecule has 1 aromatic carbocycles. The van der Waals surface area contributed by atoms with E-state index in [4.69, 9.17) is 10.8 Å². The van der Waals surface area contributed by atoms with Crippen LogP contribution in [0.25, 0.3) is 0 Å². The summed E-state index contributed by atoms with van der Waals surface area (Å²) >= 11 is 0. The first-order chi connectivity index (χ1) is 7.59. The fourth-order valence-electron chi connectivity index (χ4n) is 1.35. The van der Waals surface area contributed by atoms with Crippen molar-refractivity contribution in [2.45, 2.75) is 25.5 Å². The molecule has 1 amide bonds. The SMILES string of the molecule is CC(O)CNC(=O)CC(N)c1ccccc1. The van der Waals surface area contributed by atoms with Crippen molar-refractivity contribution in [3.63, 3.8) is 0 Å². The van der Waals surface area contributed by atoms with Crippen LogP contribution in [0.2, 0.25) is 0 Å². The Labute approximate surface area is 95.5 Å². The third-order valence-electron chi connectivity index (χ3n) is 2.23. The third-order valence-corrected chi connectivity index (χ3v) is 2.23. The van der Waals surface area contributed by atoms with Gasteiger partial charge in [0, 0.05) is 19.0 Å². The van der Waals surface area contributed by atoms with Gasteiger partial charge in [0.1, 0.15) is 0 Å². The standard InChI is InChI=1S/C12H18N2O2/c1-9(15)8-14-12(16)7-11(13)10-5-3-2-4-6-10/h2-6,9,11,15H,7-8,13H2,1H3,(H,14,16). The lowest BCUT2D eigenvalue weighted by atomic mass is 10.0. The van der Waals surface area contributed by atoms with E-state index in [2.05, 4.69) is 5.32 Å². The molecule has 2 unspecified atom stereocenters. The van der Waals surface area contributed by atoms with E-state index in [1.807, 2.05) is 30.3 Å². The maximum absolute atomic E-state index is 11.4. The molecule has 1 aromatic rings. The van der Waals surface area contributed by atoms with Crippen LogP contribution in [0.1, 0.15) is 24.9 Å². The highest BCUT2D eigenvalue weighted by Gasteiger charge is 2.11. The van der Waals surface area contributed by atoms with Crippen LogP contribution in [-0.4, -0.2) is 23.7 Å². The zero-order valence-electron chi connectivity index (χ0n) is 9.39. The number of rotatable bonds is 5. The molecule has 4 N–H and O–H groups in total. The first kappa shape index (κ1) is 12.7. The number of amides is 1. The Bertz CT molecular complexity index is 325. The number of nitrogens with one attached hydrogen (secondary N) is 1. The van der Waals surface area contributed by atoms with E-state index in [-0.39, 0.29) is 24.9 Å². The van der Waals surface area contributed by atoms with E-state index in [1.165, 1.54) is 0 Å². The number of aliphatic hydroxyl groups is 1. The second kappa shape index (κ2) is 6.25. The molecule has 4 nitrogen and oxygen atoms in total. The van der Waals surface area contributed by atoms with Gasteiger partial charge in [-0.15, -0.1) is 0 Å². The maximum Gasteiger partial charge on any atom is 0.221 e. The first-order valence-corrected chi connectivity index (χ1v) is 5.35. The van der Waals surface area contributed by atoms with E-state index < -0.39 is 6.10 Å². The predicted molar refractivity (Wildman–Crippen MR) is 62.7 cm³/mol. The van der Waals surface area contributed by atoms with Crippen LogP contribution in [0.3, 0.4) is 0 Å². The minimum Gasteiger partial charge on any atom is -0.392 e. The molecule has 0 heterocycles. The maximum atomic E-state index is 11.4. The lowest BCUT2D eigenvalue weighted by Gasteiger charge is -2.12. The van der Waals surface area contributed by atoms with Crippen molar-refractivity contribution in [1.82, 2.24) is 5.32 Å². The van der Waals surface area contributed by atoms with Gasteiger partial charge in [-0.1, -0.05) is 30.3 Å². The van der Waals surface area contributed by atoms with Crippen LogP contribution in [0, 0.1) is 0 Å². The predicted octanol–water partition coefficient (Wildman–Crippen LogP) is 0.574. The van der Waals surface area contributed by atoms with E-state index in [0.29, 0.717) is 0 Å². The molecule has 88 valence electrons. The summed E-state index contributed by atoms with van der Waals surface area (Å²) in [5.74, 6) is -0.141. The Hall–Kier alpha value is -1.39. The fourth-order valence-corrected chi connectivity index (χ4v) is 1.35. The van der Waals surface area contributed by atoms with Crippen molar-refractivity contribution in [3.05, 3.63) is 35.9 Å². The summed E-state index contributed by atoms with van der Waals surface area (Å²) in [5.41, 5.74) is 6.82. The molecule has 0 bridgehead atoms. The van der Waals surface area contributed by atoms with Crippen LogP contribution in [0.15, 0.2) is 30.3 Å². The van der Waals surface area contributed by atoms with Crippen LogP contribution in [-0.2, 0) is 4.79 Å². The van der Waals surface area contributed by atoms with Crippen LogP contribution in [0.5, 0.6) is 0 Å². The molecule has 0 spiro atoms.